The van der Waals surface area contributed by atoms with E-state index < -0.39 is 0 Å². The highest BCUT2D eigenvalue weighted by molar-refractivity contribution is 6.04. The van der Waals surface area contributed by atoms with E-state index in [0.29, 0.717) is 24.1 Å². The van der Waals surface area contributed by atoms with E-state index >= 15 is 0 Å². The summed E-state index contributed by atoms with van der Waals surface area (Å²) in [6, 6.07) is 5.27. The summed E-state index contributed by atoms with van der Waals surface area (Å²) < 4.78 is 12.6. The van der Waals surface area contributed by atoms with Gasteiger partial charge in [0, 0.05) is 23.9 Å². The maximum atomic E-state index is 12.6. The van der Waals surface area contributed by atoms with Crippen LogP contribution in [0, 0.1) is 5.82 Å². The fourth-order valence-electron chi connectivity index (χ4n) is 1.22. The number of hydrogen-bond donors (Lipinski definition) is 2. The van der Waals surface area contributed by atoms with E-state index in [1.165, 1.54) is 30.3 Å². The van der Waals surface area contributed by atoms with Crippen molar-refractivity contribution in [2.75, 3.05) is 6.61 Å². The molecule has 1 aromatic carbocycles. The van der Waals surface area contributed by atoms with Gasteiger partial charge in [-0.3, -0.25) is 4.79 Å². The van der Waals surface area contributed by atoms with Gasteiger partial charge in [0.1, 0.15) is 5.82 Å². The van der Waals surface area contributed by atoms with Crippen molar-refractivity contribution in [1.82, 2.24) is 0 Å². The number of allylic oxidation sites excluding steroid dienone is 2. The Balaban J connectivity index is 2.67. The number of aliphatic hydroxyl groups is 1. The van der Waals surface area contributed by atoms with Crippen LogP contribution in [0.2, 0.25) is 0 Å². The first-order chi connectivity index (χ1) is 7.63. The van der Waals surface area contributed by atoms with Gasteiger partial charge in [-0.2, -0.15) is 0 Å². The maximum Gasteiger partial charge on any atom is 0.187 e. The second-order valence-corrected chi connectivity index (χ2v) is 3.42. The summed E-state index contributed by atoms with van der Waals surface area (Å²) in [7, 11) is 0. The van der Waals surface area contributed by atoms with Crippen molar-refractivity contribution in [2.24, 2.45) is 5.73 Å². The van der Waals surface area contributed by atoms with E-state index in [1.807, 2.05) is 0 Å². The van der Waals surface area contributed by atoms with Gasteiger partial charge in [0.15, 0.2) is 5.78 Å². The fourth-order valence-corrected chi connectivity index (χ4v) is 1.22. The Hall–Kier alpha value is -1.68. The van der Waals surface area contributed by atoms with Gasteiger partial charge in [-0.15, -0.1) is 0 Å². The summed E-state index contributed by atoms with van der Waals surface area (Å²) in [6.45, 7) is 0.0410. The second kappa shape index (κ2) is 6.02. The highest BCUT2D eigenvalue weighted by Crippen LogP contribution is 2.06. The van der Waals surface area contributed by atoms with Gasteiger partial charge in [0.25, 0.3) is 0 Å². The lowest BCUT2D eigenvalue weighted by Crippen LogP contribution is -2.04. The normalized spacial score (nSPS) is 11.5. The van der Waals surface area contributed by atoms with Crippen LogP contribution >= 0.6 is 0 Å². The maximum absolute atomic E-state index is 12.6. The molecule has 0 unspecified atom stereocenters. The minimum atomic E-state index is -0.381. The first-order valence-electron chi connectivity index (χ1n) is 5.00. The number of rotatable bonds is 5. The van der Waals surface area contributed by atoms with Crippen molar-refractivity contribution in [3.63, 3.8) is 0 Å². The quantitative estimate of drug-likeness (QED) is 0.589. The summed E-state index contributed by atoms with van der Waals surface area (Å²) >= 11 is 0. The highest BCUT2D eigenvalue weighted by atomic mass is 19.1. The molecule has 0 radical (unpaired) electrons. The molecule has 0 atom stereocenters. The Bertz CT molecular complexity index is 385. The molecule has 1 rings (SSSR count). The van der Waals surface area contributed by atoms with Crippen molar-refractivity contribution >= 4 is 5.78 Å². The Morgan fingerprint density at radius 3 is 2.56 bits per heavy atom. The van der Waals surface area contributed by atoms with Crippen LogP contribution in [0.15, 0.2) is 36.0 Å². The molecule has 0 amide bonds. The van der Waals surface area contributed by atoms with Crippen LogP contribution in [0.1, 0.15) is 23.2 Å². The van der Waals surface area contributed by atoms with Gasteiger partial charge in [-0.25, -0.2) is 4.39 Å². The molecular weight excluding hydrogens is 209 g/mol. The van der Waals surface area contributed by atoms with Crippen LogP contribution in [-0.2, 0) is 0 Å². The summed E-state index contributed by atoms with van der Waals surface area (Å²) in [4.78, 5) is 11.6. The Labute approximate surface area is 93.4 Å². The summed E-state index contributed by atoms with van der Waals surface area (Å²) in [5.41, 5.74) is 6.40. The first-order valence-corrected chi connectivity index (χ1v) is 5.00. The standard InChI is InChI=1S/C12H14FNO2/c13-10-5-3-9(4-6-10)12(16)8-11(14)2-1-7-15/h3-6,8,15H,1-2,7,14H2/b11-8-. The lowest BCUT2D eigenvalue weighted by Gasteiger charge is -2.00. The van der Waals surface area contributed by atoms with Crippen LogP contribution in [0.4, 0.5) is 4.39 Å². The molecule has 0 aliphatic rings. The summed E-state index contributed by atoms with van der Waals surface area (Å²) in [6.07, 6.45) is 2.31. The lowest BCUT2D eigenvalue weighted by atomic mass is 10.1. The number of ketones is 1. The zero-order valence-corrected chi connectivity index (χ0v) is 8.82. The molecule has 4 heteroatoms. The average Bonchev–Trinajstić information content (AvgIpc) is 2.27. The zero-order chi connectivity index (χ0) is 12.0. The van der Waals surface area contributed by atoms with Crippen molar-refractivity contribution < 1.29 is 14.3 Å². The molecule has 0 aliphatic carbocycles. The van der Waals surface area contributed by atoms with Gasteiger partial charge in [-0.05, 0) is 37.1 Å². The molecule has 0 spiro atoms. The average molecular weight is 223 g/mol. The van der Waals surface area contributed by atoms with Crippen molar-refractivity contribution in [3.8, 4) is 0 Å². The number of halogens is 1. The Kier molecular flexibility index (Phi) is 4.66. The molecule has 0 aliphatic heterocycles. The number of hydrogen-bond acceptors (Lipinski definition) is 3. The third-order valence-corrected chi connectivity index (χ3v) is 2.07. The molecule has 0 saturated carbocycles. The van der Waals surface area contributed by atoms with Crippen molar-refractivity contribution in [1.29, 1.82) is 0 Å². The van der Waals surface area contributed by atoms with Crippen molar-refractivity contribution in [2.45, 2.75) is 12.8 Å². The molecule has 86 valence electrons. The van der Waals surface area contributed by atoms with Crippen molar-refractivity contribution in [3.05, 3.63) is 47.4 Å². The van der Waals surface area contributed by atoms with Gasteiger partial charge in [0.05, 0.1) is 0 Å². The SMILES string of the molecule is N/C(=C\C(=O)c1ccc(F)cc1)CCCO. The van der Waals surface area contributed by atoms with E-state index in [2.05, 4.69) is 0 Å². The smallest absolute Gasteiger partial charge is 0.187 e. The highest BCUT2D eigenvalue weighted by Gasteiger charge is 2.03. The number of aliphatic hydroxyl groups excluding tert-OH is 1. The van der Waals surface area contributed by atoms with E-state index in [9.17, 15) is 9.18 Å². The van der Waals surface area contributed by atoms with Crippen LogP contribution in [-0.4, -0.2) is 17.5 Å². The van der Waals surface area contributed by atoms with Crippen LogP contribution < -0.4 is 5.73 Å². The van der Waals surface area contributed by atoms with Gasteiger partial charge in [0.2, 0.25) is 0 Å². The molecule has 0 saturated heterocycles. The van der Waals surface area contributed by atoms with Crippen LogP contribution in [0.25, 0.3) is 0 Å². The minimum Gasteiger partial charge on any atom is -0.402 e. The molecule has 3 nitrogen and oxygen atoms in total. The zero-order valence-electron chi connectivity index (χ0n) is 8.82. The van der Waals surface area contributed by atoms with E-state index in [0.717, 1.165) is 0 Å². The third kappa shape index (κ3) is 3.82. The molecule has 3 N–H and O–H groups in total. The summed E-state index contributed by atoms with van der Waals surface area (Å²) in [5.74, 6) is -0.635. The largest absolute Gasteiger partial charge is 0.402 e. The number of carbonyl (C=O) groups is 1. The van der Waals surface area contributed by atoms with Gasteiger partial charge < -0.3 is 10.8 Å². The molecule has 0 bridgehead atoms. The molecule has 16 heavy (non-hydrogen) atoms. The van der Waals surface area contributed by atoms with Gasteiger partial charge >= 0.3 is 0 Å². The second-order valence-electron chi connectivity index (χ2n) is 3.42. The van der Waals surface area contributed by atoms with E-state index in [1.54, 1.807) is 0 Å². The third-order valence-electron chi connectivity index (χ3n) is 2.07. The Morgan fingerprint density at radius 1 is 1.38 bits per heavy atom. The monoisotopic (exact) mass is 223 g/mol. The summed E-state index contributed by atoms with van der Waals surface area (Å²) in [5, 5.41) is 8.59. The molecule has 0 heterocycles. The first kappa shape index (κ1) is 12.4. The van der Waals surface area contributed by atoms with Crippen LogP contribution in [0.3, 0.4) is 0 Å². The van der Waals surface area contributed by atoms with E-state index in [-0.39, 0.29) is 18.2 Å². The lowest BCUT2D eigenvalue weighted by molar-refractivity contribution is 0.104. The fraction of sp³-hybridized carbons (Fsp3) is 0.250. The van der Waals surface area contributed by atoms with Crippen LogP contribution in [0.5, 0.6) is 0 Å². The predicted octanol–water partition coefficient (Wildman–Crippen LogP) is 1.62. The van der Waals surface area contributed by atoms with Gasteiger partial charge in [-0.1, -0.05) is 0 Å². The van der Waals surface area contributed by atoms with E-state index in [4.69, 9.17) is 10.8 Å². The minimum absolute atomic E-state index is 0.0410. The topological polar surface area (TPSA) is 63.3 Å². The molecular formula is C12H14FNO2. The molecule has 0 fully saturated rings. The number of benzene rings is 1. The number of nitrogens with two attached hydrogens (primary N) is 1. The molecule has 1 aromatic rings. The predicted molar refractivity (Wildman–Crippen MR) is 59.3 cm³/mol. The number of carbonyl (C=O) groups excluding carboxylic acids is 1. The molecule has 0 aromatic heterocycles. The Morgan fingerprint density at radius 2 is 2.00 bits per heavy atom.